The van der Waals surface area contributed by atoms with Crippen molar-refractivity contribution in [2.24, 2.45) is 5.41 Å². The highest BCUT2D eigenvalue weighted by molar-refractivity contribution is 5.96. The number of hydrogen-bond acceptors (Lipinski definition) is 4. The van der Waals surface area contributed by atoms with E-state index in [0.717, 1.165) is 17.8 Å². The molecular formula is C20H19N3O2. The number of fused-ring (bicyclic) bond motifs is 2. The van der Waals surface area contributed by atoms with Crippen LogP contribution in [0.5, 0.6) is 0 Å². The summed E-state index contributed by atoms with van der Waals surface area (Å²) < 4.78 is 1.78. The molecule has 3 aromatic rings. The van der Waals surface area contributed by atoms with Crippen molar-refractivity contribution < 1.29 is 4.79 Å². The number of ketones is 1. The van der Waals surface area contributed by atoms with Gasteiger partial charge in [0.2, 0.25) is 0 Å². The Balaban J connectivity index is 1.71. The minimum atomic E-state index is -0.0426. The predicted molar refractivity (Wildman–Crippen MR) is 95.8 cm³/mol. The van der Waals surface area contributed by atoms with Crippen molar-refractivity contribution in [3.8, 4) is 0 Å². The van der Waals surface area contributed by atoms with Gasteiger partial charge in [-0.05, 0) is 35.2 Å². The monoisotopic (exact) mass is 333 g/mol. The number of carbonyl (C=O) groups is 1. The van der Waals surface area contributed by atoms with E-state index in [1.54, 1.807) is 35.0 Å². The lowest BCUT2D eigenvalue weighted by Crippen LogP contribution is -2.23. The van der Waals surface area contributed by atoms with E-state index in [2.05, 4.69) is 23.8 Å². The van der Waals surface area contributed by atoms with Gasteiger partial charge in [0.05, 0.1) is 10.9 Å². The van der Waals surface area contributed by atoms with Gasteiger partial charge in [0.1, 0.15) is 11.5 Å². The van der Waals surface area contributed by atoms with Crippen molar-refractivity contribution in [1.82, 2.24) is 14.5 Å². The Kier molecular flexibility index (Phi) is 3.53. The Bertz CT molecular complexity index is 1040. The lowest BCUT2D eigenvalue weighted by Gasteiger charge is -2.13. The molecule has 5 nitrogen and oxygen atoms in total. The zero-order valence-corrected chi connectivity index (χ0v) is 14.3. The molecule has 0 amide bonds. The standard InChI is InChI=1S/C20H19N3O2/c1-20(2)11-18-22-16-9-13(6-7-14(16)19(25)23(18)12-20)10-17(24)15-5-3-4-8-21-15/h3-9H,10-12H2,1-2H3. The molecular weight excluding hydrogens is 314 g/mol. The van der Waals surface area contributed by atoms with E-state index in [4.69, 9.17) is 0 Å². The van der Waals surface area contributed by atoms with Crippen LogP contribution < -0.4 is 5.56 Å². The van der Waals surface area contributed by atoms with E-state index in [9.17, 15) is 9.59 Å². The summed E-state index contributed by atoms with van der Waals surface area (Å²) in [6.07, 6.45) is 2.65. The third-order valence-corrected chi connectivity index (χ3v) is 4.64. The van der Waals surface area contributed by atoms with Gasteiger partial charge in [-0.3, -0.25) is 19.1 Å². The number of hydrogen-bond donors (Lipinski definition) is 0. The lowest BCUT2D eigenvalue weighted by molar-refractivity contribution is 0.0988. The van der Waals surface area contributed by atoms with Crippen molar-refractivity contribution >= 4 is 16.7 Å². The summed E-state index contributed by atoms with van der Waals surface area (Å²) in [6.45, 7) is 4.98. The average Bonchev–Trinajstić information content (AvgIpc) is 2.90. The van der Waals surface area contributed by atoms with Crippen LogP contribution in [0.15, 0.2) is 47.4 Å². The molecule has 1 aromatic carbocycles. The van der Waals surface area contributed by atoms with Gasteiger partial charge in [-0.2, -0.15) is 0 Å². The van der Waals surface area contributed by atoms with Crippen LogP contribution in [0.1, 0.15) is 35.7 Å². The highest BCUT2D eigenvalue weighted by atomic mass is 16.1. The molecule has 0 aliphatic carbocycles. The summed E-state index contributed by atoms with van der Waals surface area (Å²) in [4.78, 5) is 33.8. The molecule has 2 aromatic heterocycles. The first-order valence-corrected chi connectivity index (χ1v) is 8.40. The normalized spacial score (nSPS) is 15.3. The summed E-state index contributed by atoms with van der Waals surface area (Å²) in [5, 5.41) is 0.607. The summed E-state index contributed by atoms with van der Waals surface area (Å²) in [5.41, 5.74) is 2.02. The number of aromatic nitrogens is 3. The summed E-state index contributed by atoms with van der Waals surface area (Å²) in [7, 11) is 0. The average molecular weight is 333 g/mol. The fourth-order valence-corrected chi connectivity index (χ4v) is 3.44. The van der Waals surface area contributed by atoms with Crippen molar-refractivity contribution in [2.75, 3.05) is 0 Å². The van der Waals surface area contributed by atoms with E-state index in [1.807, 2.05) is 12.1 Å². The van der Waals surface area contributed by atoms with Crippen molar-refractivity contribution in [2.45, 2.75) is 33.2 Å². The first-order chi connectivity index (χ1) is 11.9. The fraction of sp³-hybridized carbons (Fsp3) is 0.300. The fourth-order valence-electron chi connectivity index (χ4n) is 3.44. The molecule has 0 spiro atoms. The van der Waals surface area contributed by atoms with Crippen molar-refractivity contribution in [3.05, 3.63) is 70.0 Å². The van der Waals surface area contributed by atoms with Gasteiger partial charge in [0, 0.05) is 25.6 Å². The molecule has 1 aliphatic heterocycles. The number of nitrogens with zero attached hydrogens (tertiary/aromatic N) is 3. The highest BCUT2D eigenvalue weighted by Crippen LogP contribution is 2.29. The second-order valence-corrected chi connectivity index (χ2v) is 7.43. The Morgan fingerprint density at radius 3 is 2.84 bits per heavy atom. The molecule has 0 atom stereocenters. The topological polar surface area (TPSA) is 64.8 Å². The molecule has 126 valence electrons. The van der Waals surface area contributed by atoms with Crippen molar-refractivity contribution in [3.63, 3.8) is 0 Å². The molecule has 0 unspecified atom stereocenters. The summed E-state index contributed by atoms with van der Waals surface area (Å²) in [6, 6.07) is 10.8. The van der Waals surface area contributed by atoms with E-state index >= 15 is 0 Å². The molecule has 4 rings (SSSR count). The molecule has 0 bridgehead atoms. The Morgan fingerprint density at radius 1 is 1.24 bits per heavy atom. The maximum absolute atomic E-state index is 12.7. The van der Waals surface area contributed by atoms with Gasteiger partial charge >= 0.3 is 0 Å². The second kappa shape index (κ2) is 5.62. The van der Waals surface area contributed by atoms with Crippen molar-refractivity contribution in [1.29, 1.82) is 0 Å². The van der Waals surface area contributed by atoms with Crippen LogP contribution in [0.4, 0.5) is 0 Å². The van der Waals surface area contributed by atoms with Gasteiger partial charge in [0.25, 0.3) is 5.56 Å². The number of rotatable bonds is 3. The number of Topliss-reactive ketones (excluding diaryl/α,β-unsaturated/α-hetero) is 1. The molecule has 0 saturated carbocycles. The van der Waals surface area contributed by atoms with E-state index in [1.165, 1.54) is 0 Å². The van der Waals surface area contributed by atoms with Crippen LogP contribution in [0, 0.1) is 5.41 Å². The number of pyridine rings is 1. The predicted octanol–water partition coefficient (Wildman–Crippen LogP) is 2.80. The Labute approximate surface area is 145 Å². The van der Waals surface area contributed by atoms with Gasteiger partial charge in [-0.1, -0.05) is 26.0 Å². The van der Waals surface area contributed by atoms with E-state index in [0.29, 0.717) is 23.1 Å². The molecule has 0 N–H and O–H groups in total. The largest absolute Gasteiger partial charge is 0.296 e. The van der Waals surface area contributed by atoms with Gasteiger partial charge < -0.3 is 0 Å². The summed E-state index contributed by atoms with van der Waals surface area (Å²) >= 11 is 0. The van der Waals surface area contributed by atoms with Gasteiger partial charge in [-0.25, -0.2) is 4.98 Å². The first-order valence-electron chi connectivity index (χ1n) is 8.40. The van der Waals surface area contributed by atoms with Crippen LogP contribution in [-0.2, 0) is 19.4 Å². The van der Waals surface area contributed by atoms with Gasteiger partial charge in [-0.15, -0.1) is 0 Å². The third kappa shape index (κ3) is 2.86. The zero-order chi connectivity index (χ0) is 17.6. The van der Waals surface area contributed by atoms with E-state index in [-0.39, 0.29) is 23.2 Å². The summed E-state index contributed by atoms with van der Waals surface area (Å²) in [5.74, 6) is 0.787. The van der Waals surface area contributed by atoms with E-state index < -0.39 is 0 Å². The van der Waals surface area contributed by atoms with Crippen LogP contribution in [0.3, 0.4) is 0 Å². The highest BCUT2D eigenvalue weighted by Gasteiger charge is 2.30. The second-order valence-electron chi connectivity index (χ2n) is 7.43. The van der Waals surface area contributed by atoms with Crippen LogP contribution >= 0.6 is 0 Å². The Morgan fingerprint density at radius 2 is 2.08 bits per heavy atom. The maximum Gasteiger partial charge on any atom is 0.261 e. The zero-order valence-electron chi connectivity index (χ0n) is 14.3. The van der Waals surface area contributed by atoms with Crippen LogP contribution in [0.25, 0.3) is 10.9 Å². The minimum absolute atomic E-state index is 0.00757. The smallest absolute Gasteiger partial charge is 0.261 e. The molecule has 5 heteroatoms. The quantitative estimate of drug-likeness (QED) is 0.691. The molecule has 3 heterocycles. The SMILES string of the molecule is CC1(C)Cc2nc3cc(CC(=O)c4ccccn4)ccc3c(=O)n2C1. The number of carbonyl (C=O) groups excluding carboxylic acids is 1. The lowest BCUT2D eigenvalue weighted by atomic mass is 9.92. The third-order valence-electron chi connectivity index (χ3n) is 4.64. The molecule has 1 aliphatic rings. The number of benzene rings is 1. The maximum atomic E-state index is 12.7. The van der Waals surface area contributed by atoms with Crippen LogP contribution in [-0.4, -0.2) is 20.3 Å². The Hall–Kier alpha value is -2.82. The molecule has 0 fully saturated rings. The molecule has 0 saturated heterocycles. The first kappa shape index (κ1) is 15.7. The van der Waals surface area contributed by atoms with Gasteiger partial charge in [0.15, 0.2) is 5.78 Å². The molecule has 25 heavy (non-hydrogen) atoms. The minimum Gasteiger partial charge on any atom is -0.296 e. The van der Waals surface area contributed by atoms with Crippen LogP contribution in [0.2, 0.25) is 0 Å². The molecule has 0 radical (unpaired) electrons.